The highest BCUT2D eigenvalue weighted by Crippen LogP contribution is 2.49. The molecule has 2 saturated carbocycles. The molecule has 3 heteroatoms. The van der Waals surface area contributed by atoms with Crippen LogP contribution in [0.3, 0.4) is 0 Å². The Morgan fingerprint density at radius 3 is 2.76 bits per heavy atom. The van der Waals surface area contributed by atoms with E-state index in [-0.39, 0.29) is 0 Å². The molecule has 0 amide bonds. The van der Waals surface area contributed by atoms with Gasteiger partial charge in [-0.05, 0) is 49.4 Å². The number of nitrogens with zero attached hydrogens (tertiary/aromatic N) is 1. The van der Waals surface area contributed by atoms with Gasteiger partial charge >= 0.3 is 0 Å². The van der Waals surface area contributed by atoms with Crippen molar-refractivity contribution in [2.24, 2.45) is 34.4 Å². The Kier molecular flexibility index (Phi) is 4.30. The smallest absolute Gasteiger partial charge is 0.188 e. The van der Waals surface area contributed by atoms with E-state index in [9.17, 15) is 0 Å². The summed E-state index contributed by atoms with van der Waals surface area (Å²) < 4.78 is 0. The number of aliphatic imine (C=N–C) groups is 1. The molecule has 0 aliphatic heterocycles. The summed E-state index contributed by atoms with van der Waals surface area (Å²) in [4.78, 5) is 4.32. The van der Waals surface area contributed by atoms with E-state index in [2.05, 4.69) is 24.2 Å². The van der Waals surface area contributed by atoms with E-state index in [1.807, 2.05) is 0 Å². The van der Waals surface area contributed by atoms with Crippen LogP contribution in [0.2, 0.25) is 0 Å². The molecule has 3 unspecified atom stereocenters. The SMILES string of the molecule is CC(C)CN=C(N)NCCC1CC2CCC1C2. The minimum absolute atomic E-state index is 0.584. The highest BCUT2D eigenvalue weighted by Gasteiger charge is 2.38. The topological polar surface area (TPSA) is 50.4 Å². The highest BCUT2D eigenvalue weighted by molar-refractivity contribution is 5.77. The van der Waals surface area contributed by atoms with Crippen LogP contribution in [0, 0.1) is 23.7 Å². The molecule has 98 valence electrons. The van der Waals surface area contributed by atoms with Crippen LogP contribution in [0.25, 0.3) is 0 Å². The molecule has 2 aliphatic carbocycles. The highest BCUT2D eigenvalue weighted by atomic mass is 15.1. The van der Waals surface area contributed by atoms with Crippen LogP contribution in [0.15, 0.2) is 4.99 Å². The Balaban J connectivity index is 1.61. The van der Waals surface area contributed by atoms with E-state index in [1.165, 1.54) is 32.1 Å². The third-order valence-electron chi connectivity index (χ3n) is 4.33. The lowest BCUT2D eigenvalue weighted by Crippen LogP contribution is -2.34. The fourth-order valence-electron chi connectivity index (χ4n) is 3.45. The van der Waals surface area contributed by atoms with Crippen molar-refractivity contribution >= 4 is 5.96 Å². The van der Waals surface area contributed by atoms with Crippen molar-refractivity contribution < 1.29 is 0 Å². The van der Waals surface area contributed by atoms with Crippen molar-refractivity contribution in [3.63, 3.8) is 0 Å². The van der Waals surface area contributed by atoms with Gasteiger partial charge in [-0.2, -0.15) is 0 Å². The number of hydrogen-bond acceptors (Lipinski definition) is 1. The second-order valence-corrected chi connectivity index (χ2v) is 6.27. The number of nitrogens with one attached hydrogen (secondary N) is 1. The molecule has 3 N–H and O–H groups in total. The number of nitrogens with two attached hydrogens (primary N) is 1. The van der Waals surface area contributed by atoms with E-state index in [0.29, 0.717) is 11.9 Å². The lowest BCUT2D eigenvalue weighted by Gasteiger charge is -2.21. The maximum Gasteiger partial charge on any atom is 0.188 e. The molecule has 0 spiro atoms. The van der Waals surface area contributed by atoms with Crippen molar-refractivity contribution in [2.75, 3.05) is 13.1 Å². The number of rotatable bonds is 5. The Hall–Kier alpha value is -0.730. The Bertz CT molecular complexity index is 273. The van der Waals surface area contributed by atoms with E-state index < -0.39 is 0 Å². The third-order valence-corrected chi connectivity index (χ3v) is 4.33. The zero-order valence-corrected chi connectivity index (χ0v) is 11.3. The number of hydrogen-bond donors (Lipinski definition) is 2. The minimum atomic E-state index is 0.584. The van der Waals surface area contributed by atoms with Gasteiger partial charge in [0.1, 0.15) is 0 Å². The van der Waals surface area contributed by atoms with Crippen LogP contribution in [-0.2, 0) is 0 Å². The van der Waals surface area contributed by atoms with Gasteiger partial charge in [-0.15, -0.1) is 0 Å². The first-order valence-electron chi connectivity index (χ1n) is 7.19. The standard InChI is InChI=1S/C14H27N3/c1-10(2)9-17-14(15)16-6-5-13-8-11-3-4-12(13)7-11/h10-13H,3-9H2,1-2H3,(H3,15,16,17). The van der Waals surface area contributed by atoms with Gasteiger partial charge in [-0.1, -0.05) is 20.3 Å². The van der Waals surface area contributed by atoms with Crippen molar-refractivity contribution in [1.82, 2.24) is 5.32 Å². The fourth-order valence-corrected chi connectivity index (χ4v) is 3.45. The van der Waals surface area contributed by atoms with Gasteiger partial charge in [0.15, 0.2) is 5.96 Å². The molecular weight excluding hydrogens is 210 g/mol. The van der Waals surface area contributed by atoms with Gasteiger partial charge in [0.2, 0.25) is 0 Å². The Morgan fingerprint density at radius 1 is 1.35 bits per heavy atom. The molecule has 2 bridgehead atoms. The average molecular weight is 237 g/mol. The molecule has 0 saturated heterocycles. The molecule has 2 rings (SSSR count). The molecule has 0 aromatic carbocycles. The Morgan fingerprint density at radius 2 is 2.18 bits per heavy atom. The lowest BCUT2D eigenvalue weighted by molar-refractivity contribution is 0.315. The maximum absolute atomic E-state index is 5.82. The molecule has 17 heavy (non-hydrogen) atoms. The molecule has 0 aromatic rings. The predicted molar refractivity (Wildman–Crippen MR) is 72.9 cm³/mol. The second kappa shape index (κ2) is 5.74. The molecule has 3 atom stereocenters. The van der Waals surface area contributed by atoms with Crippen molar-refractivity contribution in [2.45, 2.75) is 46.0 Å². The van der Waals surface area contributed by atoms with Gasteiger partial charge < -0.3 is 11.1 Å². The van der Waals surface area contributed by atoms with E-state index in [0.717, 1.165) is 30.8 Å². The van der Waals surface area contributed by atoms with Crippen LogP contribution < -0.4 is 11.1 Å². The summed E-state index contributed by atoms with van der Waals surface area (Å²) in [7, 11) is 0. The second-order valence-electron chi connectivity index (χ2n) is 6.27. The van der Waals surface area contributed by atoms with Crippen molar-refractivity contribution in [3.05, 3.63) is 0 Å². The van der Waals surface area contributed by atoms with Gasteiger partial charge in [0.05, 0.1) is 0 Å². The average Bonchev–Trinajstić information content (AvgIpc) is 2.88. The predicted octanol–water partition coefficient (Wildman–Crippen LogP) is 2.37. The van der Waals surface area contributed by atoms with Crippen molar-refractivity contribution in [3.8, 4) is 0 Å². The van der Waals surface area contributed by atoms with Crippen LogP contribution in [-0.4, -0.2) is 19.0 Å². The molecular formula is C14H27N3. The van der Waals surface area contributed by atoms with Gasteiger partial charge in [-0.3, -0.25) is 4.99 Å². The maximum atomic E-state index is 5.82. The molecule has 3 nitrogen and oxygen atoms in total. The third kappa shape index (κ3) is 3.62. The molecule has 2 fully saturated rings. The van der Waals surface area contributed by atoms with E-state index in [1.54, 1.807) is 0 Å². The van der Waals surface area contributed by atoms with Crippen LogP contribution in [0.1, 0.15) is 46.0 Å². The zero-order valence-electron chi connectivity index (χ0n) is 11.3. The van der Waals surface area contributed by atoms with Crippen LogP contribution in [0.5, 0.6) is 0 Å². The molecule has 0 aromatic heterocycles. The normalized spacial score (nSPS) is 32.4. The first-order chi connectivity index (χ1) is 8.15. The molecule has 0 heterocycles. The van der Waals surface area contributed by atoms with Crippen LogP contribution >= 0.6 is 0 Å². The fraction of sp³-hybridized carbons (Fsp3) is 0.929. The summed E-state index contributed by atoms with van der Waals surface area (Å²) >= 11 is 0. The van der Waals surface area contributed by atoms with Crippen LogP contribution in [0.4, 0.5) is 0 Å². The molecule has 0 radical (unpaired) electrons. The summed E-state index contributed by atoms with van der Waals surface area (Å²) in [6.07, 6.45) is 7.22. The van der Waals surface area contributed by atoms with E-state index in [4.69, 9.17) is 5.73 Å². The monoisotopic (exact) mass is 237 g/mol. The largest absolute Gasteiger partial charge is 0.370 e. The molecule has 2 aliphatic rings. The lowest BCUT2D eigenvalue weighted by atomic mass is 9.86. The summed E-state index contributed by atoms with van der Waals surface area (Å²) in [5, 5.41) is 3.25. The first kappa shape index (κ1) is 12.7. The first-order valence-corrected chi connectivity index (χ1v) is 7.19. The van der Waals surface area contributed by atoms with Gasteiger partial charge in [0, 0.05) is 13.1 Å². The number of fused-ring (bicyclic) bond motifs is 2. The van der Waals surface area contributed by atoms with E-state index >= 15 is 0 Å². The zero-order chi connectivity index (χ0) is 12.3. The number of guanidine groups is 1. The summed E-state index contributed by atoms with van der Waals surface area (Å²) in [6, 6.07) is 0. The summed E-state index contributed by atoms with van der Waals surface area (Å²) in [5.74, 6) is 4.24. The van der Waals surface area contributed by atoms with Gasteiger partial charge in [0.25, 0.3) is 0 Å². The summed E-state index contributed by atoms with van der Waals surface area (Å²) in [5.41, 5.74) is 5.82. The van der Waals surface area contributed by atoms with Gasteiger partial charge in [-0.25, -0.2) is 0 Å². The minimum Gasteiger partial charge on any atom is -0.370 e. The van der Waals surface area contributed by atoms with Crippen molar-refractivity contribution in [1.29, 1.82) is 0 Å². The quantitative estimate of drug-likeness (QED) is 0.570. The summed E-state index contributed by atoms with van der Waals surface area (Å²) in [6.45, 7) is 6.15. The Labute approximate surface area is 105 Å².